The van der Waals surface area contributed by atoms with Crippen LogP contribution in [-0.2, 0) is 11.3 Å². The first-order valence-corrected chi connectivity index (χ1v) is 6.90. The highest BCUT2D eigenvalue weighted by atomic mass is 35.5. The lowest BCUT2D eigenvalue weighted by atomic mass is 10.0. The summed E-state index contributed by atoms with van der Waals surface area (Å²) in [5.74, 6) is 0.268. The number of hydrogen-bond acceptors (Lipinski definition) is 3. The van der Waals surface area contributed by atoms with Crippen molar-refractivity contribution in [1.29, 1.82) is 0 Å². The molecule has 2 rings (SSSR count). The first-order valence-electron chi connectivity index (χ1n) is 6.52. The summed E-state index contributed by atoms with van der Waals surface area (Å²) >= 11 is 5.87. The molecule has 2 N–H and O–H groups in total. The Morgan fingerprint density at radius 1 is 1.47 bits per heavy atom. The zero-order valence-corrected chi connectivity index (χ0v) is 11.8. The van der Waals surface area contributed by atoms with Gasteiger partial charge in [0.15, 0.2) is 0 Å². The van der Waals surface area contributed by atoms with Gasteiger partial charge in [0, 0.05) is 32.6 Å². The maximum absolute atomic E-state index is 11.2. The summed E-state index contributed by atoms with van der Waals surface area (Å²) in [5.41, 5.74) is 1.05. The average molecular weight is 283 g/mol. The fourth-order valence-electron chi connectivity index (χ4n) is 2.32. The van der Waals surface area contributed by atoms with Crippen LogP contribution in [0.2, 0.25) is 5.02 Å². The minimum Gasteiger partial charge on any atom is -0.506 e. The van der Waals surface area contributed by atoms with Crippen molar-refractivity contribution in [2.24, 2.45) is 0 Å². The third kappa shape index (κ3) is 3.85. The molecule has 0 radical (unpaired) electrons. The summed E-state index contributed by atoms with van der Waals surface area (Å²) in [5, 5.41) is 13.2. The lowest BCUT2D eigenvalue weighted by Gasteiger charge is -2.31. The third-order valence-electron chi connectivity index (χ3n) is 3.55. The number of phenolic OH excluding ortho intramolecular Hbond substituents is 1. The van der Waals surface area contributed by atoms with E-state index in [0.29, 0.717) is 11.1 Å². The van der Waals surface area contributed by atoms with Crippen molar-refractivity contribution in [2.75, 3.05) is 13.1 Å². The van der Waals surface area contributed by atoms with Crippen LogP contribution in [0.1, 0.15) is 25.3 Å². The molecule has 0 aliphatic carbocycles. The van der Waals surface area contributed by atoms with Gasteiger partial charge in [-0.2, -0.15) is 0 Å². The van der Waals surface area contributed by atoms with Gasteiger partial charge in [0.1, 0.15) is 5.75 Å². The summed E-state index contributed by atoms with van der Waals surface area (Å²) in [7, 11) is 0. The smallest absolute Gasteiger partial charge is 0.219 e. The van der Waals surface area contributed by atoms with Crippen molar-refractivity contribution >= 4 is 17.5 Å². The van der Waals surface area contributed by atoms with E-state index in [4.69, 9.17) is 11.6 Å². The van der Waals surface area contributed by atoms with Crippen molar-refractivity contribution in [3.63, 3.8) is 0 Å². The molecule has 1 aromatic rings. The van der Waals surface area contributed by atoms with Gasteiger partial charge in [0.05, 0.1) is 5.02 Å². The summed E-state index contributed by atoms with van der Waals surface area (Å²) in [4.78, 5) is 13.1. The Morgan fingerprint density at radius 2 is 2.16 bits per heavy atom. The minimum absolute atomic E-state index is 0.111. The van der Waals surface area contributed by atoms with Crippen LogP contribution in [0.3, 0.4) is 0 Å². The maximum Gasteiger partial charge on any atom is 0.219 e. The molecule has 1 fully saturated rings. The monoisotopic (exact) mass is 282 g/mol. The Bertz CT molecular complexity index is 457. The summed E-state index contributed by atoms with van der Waals surface area (Å²) in [6.07, 6.45) is 1.96. The standard InChI is InChI=1S/C14H19ClN2O2/c1-10(18)17-6-4-12(5-7-17)16-9-11-2-3-14(19)13(15)8-11/h2-3,8,12,16,19H,4-7,9H2,1H3. The van der Waals surface area contributed by atoms with Crippen molar-refractivity contribution < 1.29 is 9.90 Å². The van der Waals surface area contributed by atoms with E-state index in [1.165, 1.54) is 0 Å². The van der Waals surface area contributed by atoms with Crippen LogP contribution in [-0.4, -0.2) is 35.0 Å². The molecular weight excluding hydrogens is 264 g/mol. The van der Waals surface area contributed by atoms with Crippen LogP contribution < -0.4 is 5.32 Å². The number of halogens is 1. The SMILES string of the molecule is CC(=O)N1CCC(NCc2ccc(O)c(Cl)c2)CC1. The number of piperidine rings is 1. The number of likely N-dealkylation sites (tertiary alicyclic amines) is 1. The van der Waals surface area contributed by atoms with E-state index >= 15 is 0 Å². The third-order valence-corrected chi connectivity index (χ3v) is 3.85. The van der Waals surface area contributed by atoms with E-state index in [9.17, 15) is 9.90 Å². The summed E-state index contributed by atoms with van der Waals surface area (Å²) < 4.78 is 0. The van der Waals surface area contributed by atoms with Gasteiger partial charge in [-0.25, -0.2) is 0 Å². The number of phenols is 1. The second-order valence-corrected chi connectivity index (χ2v) is 5.35. The van der Waals surface area contributed by atoms with E-state index in [2.05, 4.69) is 5.32 Å². The van der Waals surface area contributed by atoms with E-state index in [0.717, 1.165) is 38.0 Å². The van der Waals surface area contributed by atoms with E-state index in [1.54, 1.807) is 19.1 Å². The predicted molar refractivity (Wildman–Crippen MR) is 75.2 cm³/mol. The van der Waals surface area contributed by atoms with Crippen molar-refractivity contribution in [2.45, 2.75) is 32.4 Å². The van der Waals surface area contributed by atoms with Gasteiger partial charge in [-0.15, -0.1) is 0 Å². The van der Waals surface area contributed by atoms with Gasteiger partial charge in [0.2, 0.25) is 5.91 Å². The quantitative estimate of drug-likeness (QED) is 0.893. The normalized spacial score (nSPS) is 16.6. The molecule has 1 saturated heterocycles. The van der Waals surface area contributed by atoms with Gasteiger partial charge in [-0.1, -0.05) is 17.7 Å². The first-order chi connectivity index (χ1) is 9.06. The fourth-order valence-corrected chi connectivity index (χ4v) is 2.52. The molecular formula is C14H19ClN2O2. The Balaban J connectivity index is 1.80. The Kier molecular flexibility index (Phi) is 4.66. The molecule has 19 heavy (non-hydrogen) atoms. The van der Waals surface area contributed by atoms with Crippen molar-refractivity contribution in [1.82, 2.24) is 10.2 Å². The molecule has 1 aromatic carbocycles. The molecule has 0 aromatic heterocycles. The molecule has 0 atom stereocenters. The van der Waals surface area contributed by atoms with E-state index < -0.39 is 0 Å². The Morgan fingerprint density at radius 3 is 2.74 bits per heavy atom. The highest BCUT2D eigenvalue weighted by molar-refractivity contribution is 6.32. The maximum atomic E-state index is 11.2. The molecule has 1 heterocycles. The first kappa shape index (κ1) is 14.2. The number of nitrogens with zero attached hydrogens (tertiary/aromatic N) is 1. The number of nitrogens with one attached hydrogen (secondary N) is 1. The van der Waals surface area contributed by atoms with E-state index in [-0.39, 0.29) is 11.7 Å². The molecule has 1 aliphatic rings. The molecule has 0 bridgehead atoms. The van der Waals surface area contributed by atoms with Crippen molar-refractivity contribution in [3.8, 4) is 5.75 Å². The molecule has 5 heteroatoms. The summed E-state index contributed by atoms with van der Waals surface area (Å²) in [6.45, 7) is 3.99. The predicted octanol–water partition coefficient (Wildman–Crippen LogP) is 2.15. The molecule has 0 spiro atoms. The zero-order valence-electron chi connectivity index (χ0n) is 11.0. The number of hydrogen-bond donors (Lipinski definition) is 2. The summed E-state index contributed by atoms with van der Waals surface area (Å²) in [6, 6.07) is 5.67. The minimum atomic E-state index is 0.111. The van der Waals surface area contributed by atoms with Gasteiger partial charge < -0.3 is 15.3 Å². The number of aromatic hydroxyl groups is 1. The van der Waals surface area contributed by atoms with Crippen LogP contribution in [0.5, 0.6) is 5.75 Å². The number of amides is 1. The second kappa shape index (κ2) is 6.26. The van der Waals surface area contributed by atoms with Crippen LogP contribution >= 0.6 is 11.6 Å². The van der Waals surface area contributed by atoms with E-state index in [1.807, 2.05) is 11.0 Å². The molecule has 1 amide bonds. The highest BCUT2D eigenvalue weighted by Crippen LogP contribution is 2.23. The van der Waals surface area contributed by atoms with Crippen LogP contribution in [0.25, 0.3) is 0 Å². The number of carbonyl (C=O) groups excluding carboxylic acids is 1. The number of carbonyl (C=O) groups is 1. The van der Waals surface area contributed by atoms with Gasteiger partial charge >= 0.3 is 0 Å². The highest BCUT2D eigenvalue weighted by Gasteiger charge is 2.19. The Hall–Kier alpha value is -1.26. The molecule has 4 nitrogen and oxygen atoms in total. The van der Waals surface area contributed by atoms with Crippen LogP contribution in [0.4, 0.5) is 0 Å². The van der Waals surface area contributed by atoms with Crippen molar-refractivity contribution in [3.05, 3.63) is 28.8 Å². The zero-order chi connectivity index (χ0) is 13.8. The average Bonchev–Trinajstić information content (AvgIpc) is 2.40. The molecule has 0 saturated carbocycles. The number of rotatable bonds is 3. The topological polar surface area (TPSA) is 52.6 Å². The van der Waals surface area contributed by atoms with Crippen LogP contribution in [0, 0.1) is 0 Å². The lowest BCUT2D eigenvalue weighted by molar-refractivity contribution is -0.129. The number of benzene rings is 1. The molecule has 1 aliphatic heterocycles. The van der Waals surface area contributed by atoms with Gasteiger partial charge in [0.25, 0.3) is 0 Å². The largest absolute Gasteiger partial charge is 0.506 e. The fraction of sp³-hybridized carbons (Fsp3) is 0.500. The van der Waals surface area contributed by atoms with Gasteiger partial charge in [-0.05, 0) is 30.5 Å². The molecule has 0 unspecified atom stereocenters. The molecule has 104 valence electrons. The Labute approximate surface area is 118 Å². The second-order valence-electron chi connectivity index (χ2n) is 4.95. The van der Waals surface area contributed by atoms with Gasteiger partial charge in [-0.3, -0.25) is 4.79 Å². The lowest BCUT2D eigenvalue weighted by Crippen LogP contribution is -2.43. The van der Waals surface area contributed by atoms with Crippen LogP contribution in [0.15, 0.2) is 18.2 Å².